The largest absolute Gasteiger partial charge is 0.332 e. The van der Waals surface area contributed by atoms with Crippen molar-refractivity contribution in [3.05, 3.63) is 29.6 Å². The van der Waals surface area contributed by atoms with E-state index in [4.69, 9.17) is 17.5 Å². The van der Waals surface area contributed by atoms with Gasteiger partial charge < -0.3 is 5.32 Å². The third kappa shape index (κ3) is 2.68. The molecule has 0 aliphatic heterocycles. The minimum Gasteiger partial charge on any atom is -0.332 e. The molecule has 3 nitrogen and oxygen atoms in total. The first-order valence-corrected chi connectivity index (χ1v) is 4.26. The molecule has 0 heterocycles. The first-order chi connectivity index (χ1) is 6.63. The van der Waals surface area contributed by atoms with E-state index < -0.39 is 0 Å². The maximum absolute atomic E-state index is 12.8. The summed E-state index contributed by atoms with van der Waals surface area (Å²) < 4.78 is 12.8. The standard InChI is InChI=1S/C9H8FN3S/c1-6-2-3-7(10)4-8(6)13-9(14)12-5-11/h2-4H,1H3,(H2,12,13,14). The molecule has 0 amide bonds. The van der Waals surface area contributed by atoms with Gasteiger partial charge in [0.1, 0.15) is 5.82 Å². The van der Waals surface area contributed by atoms with Gasteiger partial charge >= 0.3 is 0 Å². The molecule has 72 valence electrons. The molecule has 0 aliphatic rings. The summed E-state index contributed by atoms with van der Waals surface area (Å²) in [5.41, 5.74) is 1.41. The average Bonchev–Trinajstić information content (AvgIpc) is 2.12. The van der Waals surface area contributed by atoms with Gasteiger partial charge in [0, 0.05) is 5.69 Å². The topological polar surface area (TPSA) is 47.8 Å². The fraction of sp³-hybridized carbons (Fsp3) is 0.111. The minimum absolute atomic E-state index is 0.154. The summed E-state index contributed by atoms with van der Waals surface area (Å²) in [6.45, 7) is 1.82. The fourth-order valence-electron chi connectivity index (χ4n) is 0.933. The van der Waals surface area contributed by atoms with Crippen LogP contribution in [0.5, 0.6) is 0 Å². The lowest BCUT2D eigenvalue weighted by atomic mass is 10.2. The molecule has 2 N–H and O–H groups in total. The van der Waals surface area contributed by atoms with E-state index in [1.807, 2.05) is 6.92 Å². The first-order valence-electron chi connectivity index (χ1n) is 3.85. The van der Waals surface area contributed by atoms with E-state index in [0.717, 1.165) is 5.56 Å². The molecular formula is C9H8FN3S. The predicted octanol–water partition coefficient (Wildman–Crippen LogP) is 1.90. The maximum Gasteiger partial charge on any atom is 0.184 e. The van der Waals surface area contributed by atoms with Crippen LogP contribution in [0.1, 0.15) is 5.56 Å². The van der Waals surface area contributed by atoms with Gasteiger partial charge in [-0.2, -0.15) is 5.26 Å². The molecule has 0 aliphatic carbocycles. The molecule has 0 fully saturated rings. The van der Waals surface area contributed by atoms with Crippen molar-refractivity contribution in [3.8, 4) is 6.19 Å². The lowest BCUT2D eigenvalue weighted by Gasteiger charge is -2.08. The Kier molecular flexibility index (Phi) is 3.37. The van der Waals surface area contributed by atoms with Crippen molar-refractivity contribution in [1.29, 1.82) is 5.26 Å². The second-order valence-corrected chi connectivity index (χ2v) is 3.06. The highest BCUT2D eigenvalue weighted by Crippen LogP contribution is 2.15. The number of halogens is 1. The third-order valence-corrected chi connectivity index (χ3v) is 1.82. The van der Waals surface area contributed by atoms with Crippen LogP contribution >= 0.6 is 12.2 Å². The molecule has 0 spiro atoms. The Balaban J connectivity index is 2.81. The van der Waals surface area contributed by atoms with Gasteiger partial charge in [-0.15, -0.1) is 0 Å². The Morgan fingerprint density at radius 1 is 1.57 bits per heavy atom. The zero-order chi connectivity index (χ0) is 10.6. The Bertz CT molecular complexity index is 398. The molecule has 5 heteroatoms. The molecule has 0 aromatic heterocycles. The SMILES string of the molecule is Cc1ccc(F)cc1NC(=S)NC#N. The summed E-state index contributed by atoms with van der Waals surface area (Å²) in [5, 5.41) is 13.4. The van der Waals surface area contributed by atoms with E-state index in [1.165, 1.54) is 12.1 Å². The summed E-state index contributed by atoms with van der Waals surface area (Å²) >= 11 is 4.77. The monoisotopic (exact) mass is 209 g/mol. The molecule has 0 atom stereocenters. The number of nitrogens with one attached hydrogen (secondary N) is 2. The maximum atomic E-state index is 12.8. The highest BCUT2D eigenvalue weighted by Gasteiger charge is 2.01. The van der Waals surface area contributed by atoms with Crippen LogP contribution < -0.4 is 10.6 Å². The van der Waals surface area contributed by atoms with Crippen molar-refractivity contribution >= 4 is 23.0 Å². The van der Waals surface area contributed by atoms with Gasteiger partial charge in [-0.3, -0.25) is 5.32 Å². The molecular weight excluding hydrogens is 201 g/mol. The van der Waals surface area contributed by atoms with E-state index in [-0.39, 0.29) is 10.9 Å². The van der Waals surface area contributed by atoms with Crippen LogP contribution in [0.3, 0.4) is 0 Å². The number of hydrogen-bond acceptors (Lipinski definition) is 2. The number of nitriles is 1. The van der Waals surface area contributed by atoms with Crippen LogP contribution in [-0.4, -0.2) is 5.11 Å². The highest BCUT2D eigenvalue weighted by molar-refractivity contribution is 7.80. The molecule has 0 saturated carbocycles. The Labute approximate surface area is 86.5 Å². The average molecular weight is 209 g/mol. The first kappa shape index (κ1) is 10.4. The van der Waals surface area contributed by atoms with Crippen LogP contribution in [0.2, 0.25) is 0 Å². The van der Waals surface area contributed by atoms with Crippen molar-refractivity contribution in [3.63, 3.8) is 0 Å². The zero-order valence-electron chi connectivity index (χ0n) is 7.47. The summed E-state index contributed by atoms with van der Waals surface area (Å²) in [6.07, 6.45) is 1.67. The van der Waals surface area contributed by atoms with Gasteiger partial charge in [-0.05, 0) is 36.8 Å². The van der Waals surface area contributed by atoms with Gasteiger partial charge in [0.05, 0.1) is 0 Å². The minimum atomic E-state index is -0.349. The smallest absolute Gasteiger partial charge is 0.184 e. The van der Waals surface area contributed by atoms with Gasteiger partial charge in [0.2, 0.25) is 0 Å². The molecule has 0 saturated heterocycles. The van der Waals surface area contributed by atoms with Crippen molar-refractivity contribution in [2.24, 2.45) is 0 Å². The summed E-state index contributed by atoms with van der Waals surface area (Å²) in [5.74, 6) is -0.349. The second-order valence-electron chi connectivity index (χ2n) is 2.65. The number of nitrogens with zero attached hydrogens (tertiary/aromatic N) is 1. The van der Waals surface area contributed by atoms with E-state index in [9.17, 15) is 4.39 Å². The van der Waals surface area contributed by atoms with Crippen LogP contribution in [0.25, 0.3) is 0 Å². The van der Waals surface area contributed by atoms with Gasteiger partial charge in [0.15, 0.2) is 11.3 Å². The summed E-state index contributed by atoms with van der Waals surface area (Å²) in [4.78, 5) is 0. The third-order valence-electron chi connectivity index (χ3n) is 1.62. The highest BCUT2D eigenvalue weighted by atomic mass is 32.1. The van der Waals surface area contributed by atoms with Crippen LogP contribution in [-0.2, 0) is 0 Å². The number of benzene rings is 1. The second kappa shape index (κ2) is 4.53. The molecule has 0 bridgehead atoms. The summed E-state index contributed by atoms with van der Waals surface area (Å²) in [7, 11) is 0. The number of thiocarbonyl (C=S) groups is 1. The Morgan fingerprint density at radius 3 is 2.93 bits per heavy atom. The molecule has 0 radical (unpaired) electrons. The van der Waals surface area contributed by atoms with Crippen molar-refractivity contribution in [2.45, 2.75) is 6.92 Å². The van der Waals surface area contributed by atoms with E-state index >= 15 is 0 Å². The van der Waals surface area contributed by atoms with Crippen molar-refractivity contribution < 1.29 is 4.39 Å². The quantitative estimate of drug-likeness (QED) is 0.421. The molecule has 0 unspecified atom stereocenters. The lowest BCUT2D eigenvalue weighted by molar-refractivity contribution is 0.628. The number of anilines is 1. The Hall–Kier alpha value is -1.67. The molecule has 1 aromatic carbocycles. The molecule has 14 heavy (non-hydrogen) atoms. The molecule has 1 aromatic rings. The van der Waals surface area contributed by atoms with Crippen LogP contribution in [0.4, 0.5) is 10.1 Å². The number of hydrogen-bond donors (Lipinski definition) is 2. The van der Waals surface area contributed by atoms with Crippen LogP contribution in [0.15, 0.2) is 18.2 Å². The normalized spacial score (nSPS) is 8.93. The molecule has 1 rings (SSSR count). The fourth-order valence-corrected chi connectivity index (χ4v) is 1.09. The Morgan fingerprint density at radius 2 is 2.29 bits per heavy atom. The predicted molar refractivity (Wildman–Crippen MR) is 56.1 cm³/mol. The van der Waals surface area contributed by atoms with E-state index in [0.29, 0.717) is 5.69 Å². The van der Waals surface area contributed by atoms with Gasteiger partial charge in [-0.1, -0.05) is 6.07 Å². The van der Waals surface area contributed by atoms with E-state index in [1.54, 1.807) is 12.3 Å². The van der Waals surface area contributed by atoms with E-state index in [2.05, 4.69) is 10.6 Å². The van der Waals surface area contributed by atoms with Crippen molar-refractivity contribution in [2.75, 3.05) is 5.32 Å². The van der Waals surface area contributed by atoms with Gasteiger partial charge in [-0.25, -0.2) is 4.39 Å². The number of rotatable bonds is 1. The number of aryl methyl sites for hydroxylation is 1. The van der Waals surface area contributed by atoms with Crippen LogP contribution in [0, 0.1) is 24.2 Å². The lowest BCUT2D eigenvalue weighted by Crippen LogP contribution is -2.24. The van der Waals surface area contributed by atoms with Gasteiger partial charge in [0.25, 0.3) is 0 Å². The summed E-state index contributed by atoms with van der Waals surface area (Å²) in [6, 6.07) is 4.31. The van der Waals surface area contributed by atoms with Crippen molar-refractivity contribution in [1.82, 2.24) is 5.32 Å². The zero-order valence-corrected chi connectivity index (χ0v) is 8.28.